The third kappa shape index (κ3) is 4.16. The molecule has 2 atom stereocenters. The molecular formula is C20H18ClN3O2S2. The van der Waals surface area contributed by atoms with E-state index in [2.05, 4.69) is 15.6 Å². The molecular weight excluding hydrogens is 414 g/mol. The van der Waals surface area contributed by atoms with Crippen molar-refractivity contribution >= 4 is 62.4 Å². The Balaban J connectivity index is 1.34. The lowest BCUT2D eigenvalue weighted by Crippen LogP contribution is -2.36. The molecule has 2 amide bonds. The lowest BCUT2D eigenvalue weighted by atomic mass is 10.2. The van der Waals surface area contributed by atoms with E-state index in [-0.39, 0.29) is 24.2 Å². The molecule has 8 heteroatoms. The SMILES string of the molecule is C[C@H](CNC(=O)C[C@@H]1Sc2ccc(Cl)cc2NC1=O)c1nc2ccccc2s1. The number of fused-ring (bicyclic) bond motifs is 2. The number of nitrogens with one attached hydrogen (secondary N) is 2. The number of aromatic nitrogens is 1. The molecule has 0 unspecified atom stereocenters. The molecule has 3 aromatic rings. The lowest BCUT2D eigenvalue weighted by molar-refractivity contribution is -0.124. The van der Waals surface area contributed by atoms with Gasteiger partial charge in [0.05, 0.1) is 26.2 Å². The molecule has 4 rings (SSSR count). The quantitative estimate of drug-likeness (QED) is 0.615. The van der Waals surface area contributed by atoms with Gasteiger partial charge < -0.3 is 10.6 Å². The smallest absolute Gasteiger partial charge is 0.238 e. The van der Waals surface area contributed by atoms with Crippen LogP contribution < -0.4 is 10.6 Å². The maximum absolute atomic E-state index is 12.4. The number of thioether (sulfide) groups is 1. The predicted octanol–water partition coefficient (Wildman–Crippen LogP) is 4.67. The number of hydrogen-bond donors (Lipinski definition) is 2. The Morgan fingerprint density at radius 1 is 1.32 bits per heavy atom. The maximum Gasteiger partial charge on any atom is 0.238 e. The number of nitrogens with zero attached hydrogens (tertiary/aromatic N) is 1. The van der Waals surface area contributed by atoms with Crippen molar-refractivity contribution in [1.82, 2.24) is 10.3 Å². The van der Waals surface area contributed by atoms with Gasteiger partial charge in [0.2, 0.25) is 11.8 Å². The molecule has 2 aromatic carbocycles. The van der Waals surface area contributed by atoms with Gasteiger partial charge in [-0.1, -0.05) is 30.7 Å². The molecule has 1 aliphatic heterocycles. The van der Waals surface area contributed by atoms with Crippen LogP contribution in [0, 0.1) is 0 Å². The molecule has 0 aliphatic carbocycles. The summed E-state index contributed by atoms with van der Waals surface area (Å²) >= 11 is 9.00. The second-order valence-electron chi connectivity index (χ2n) is 6.67. The molecule has 0 saturated carbocycles. The first-order chi connectivity index (χ1) is 13.5. The van der Waals surface area contributed by atoms with Crippen molar-refractivity contribution in [2.24, 2.45) is 0 Å². The Bertz CT molecular complexity index is 1020. The van der Waals surface area contributed by atoms with Crippen LogP contribution >= 0.6 is 34.7 Å². The standard InChI is InChI=1S/C20H18ClN3O2S2/c1-11(20-24-13-4-2-3-5-15(13)28-20)10-22-18(25)9-17-19(26)23-14-8-12(21)6-7-16(14)27-17/h2-8,11,17H,9-10H2,1H3,(H,22,25)(H,23,26)/t11-,17+/m1/s1. The Morgan fingerprint density at radius 2 is 2.14 bits per heavy atom. The minimum absolute atomic E-state index is 0.108. The Morgan fingerprint density at radius 3 is 2.96 bits per heavy atom. The molecule has 2 N–H and O–H groups in total. The summed E-state index contributed by atoms with van der Waals surface area (Å²) in [5, 5.41) is 6.88. The summed E-state index contributed by atoms with van der Waals surface area (Å²) < 4.78 is 1.14. The summed E-state index contributed by atoms with van der Waals surface area (Å²) in [4.78, 5) is 30.2. The Kier molecular flexibility index (Phi) is 5.57. The summed E-state index contributed by atoms with van der Waals surface area (Å²) in [6.45, 7) is 2.53. The van der Waals surface area contributed by atoms with Gasteiger partial charge in [-0.15, -0.1) is 23.1 Å². The summed E-state index contributed by atoms with van der Waals surface area (Å²) in [5.74, 6) is -0.204. The van der Waals surface area contributed by atoms with E-state index in [4.69, 9.17) is 11.6 Å². The van der Waals surface area contributed by atoms with E-state index in [0.29, 0.717) is 17.3 Å². The number of hydrogen-bond acceptors (Lipinski definition) is 5. The first kappa shape index (κ1) is 19.2. The second-order valence-corrected chi connectivity index (χ2v) is 9.41. The molecule has 0 spiro atoms. The molecule has 1 aromatic heterocycles. The topological polar surface area (TPSA) is 71.1 Å². The van der Waals surface area contributed by atoms with Crippen molar-refractivity contribution in [3.63, 3.8) is 0 Å². The van der Waals surface area contributed by atoms with E-state index in [9.17, 15) is 9.59 Å². The van der Waals surface area contributed by atoms with Crippen LogP contribution in [0.4, 0.5) is 5.69 Å². The third-order valence-corrected chi connectivity index (χ3v) is 7.25. The minimum atomic E-state index is -0.452. The molecule has 28 heavy (non-hydrogen) atoms. The van der Waals surface area contributed by atoms with E-state index in [1.807, 2.05) is 37.3 Å². The predicted molar refractivity (Wildman–Crippen MR) is 115 cm³/mol. The number of anilines is 1. The van der Waals surface area contributed by atoms with Crippen molar-refractivity contribution in [3.8, 4) is 0 Å². The zero-order valence-electron chi connectivity index (χ0n) is 15.1. The average molecular weight is 432 g/mol. The van der Waals surface area contributed by atoms with Crippen LogP contribution in [0.3, 0.4) is 0 Å². The number of amides is 2. The van der Waals surface area contributed by atoms with Crippen molar-refractivity contribution in [1.29, 1.82) is 0 Å². The first-order valence-electron chi connectivity index (χ1n) is 8.89. The number of para-hydroxylation sites is 1. The molecule has 5 nitrogen and oxygen atoms in total. The number of benzene rings is 2. The summed E-state index contributed by atoms with van der Waals surface area (Å²) in [7, 11) is 0. The Labute approximate surface area is 175 Å². The normalized spacial score (nSPS) is 17.1. The largest absolute Gasteiger partial charge is 0.355 e. The zero-order valence-corrected chi connectivity index (χ0v) is 17.5. The molecule has 2 heterocycles. The highest BCUT2D eigenvalue weighted by Crippen LogP contribution is 2.38. The van der Waals surface area contributed by atoms with E-state index >= 15 is 0 Å². The van der Waals surface area contributed by atoms with E-state index in [0.717, 1.165) is 20.1 Å². The number of carbonyl (C=O) groups excluding carboxylic acids is 2. The second kappa shape index (κ2) is 8.11. The third-order valence-electron chi connectivity index (χ3n) is 4.47. The van der Waals surface area contributed by atoms with Crippen LogP contribution in [0.15, 0.2) is 47.4 Å². The van der Waals surface area contributed by atoms with Crippen molar-refractivity contribution in [3.05, 3.63) is 52.5 Å². The van der Waals surface area contributed by atoms with Crippen LogP contribution in [0.1, 0.15) is 24.3 Å². The fraction of sp³-hybridized carbons (Fsp3) is 0.250. The zero-order chi connectivity index (χ0) is 19.7. The van der Waals surface area contributed by atoms with Crippen molar-refractivity contribution < 1.29 is 9.59 Å². The number of halogens is 1. The molecule has 144 valence electrons. The monoisotopic (exact) mass is 431 g/mol. The fourth-order valence-electron chi connectivity index (χ4n) is 2.95. The molecule has 0 fully saturated rings. The lowest BCUT2D eigenvalue weighted by Gasteiger charge is -2.24. The van der Waals surface area contributed by atoms with E-state index < -0.39 is 5.25 Å². The number of thiazole rings is 1. The van der Waals surface area contributed by atoms with Gasteiger partial charge in [0, 0.05) is 28.8 Å². The Hall–Kier alpha value is -2.09. The van der Waals surface area contributed by atoms with Gasteiger partial charge in [0.25, 0.3) is 0 Å². The van der Waals surface area contributed by atoms with Gasteiger partial charge in [0.15, 0.2) is 0 Å². The van der Waals surface area contributed by atoms with Gasteiger partial charge in [-0.05, 0) is 30.3 Å². The highest BCUT2D eigenvalue weighted by molar-refractivity contribution is 8.01. The maximum atomic E-state index is 12.4. The highest BCUT2D eigenvalue weighted by Gasteiger charge is 2.29. The van der Waals surface area contributed by atoms with E-state index in [1.165, 1.54) is 11.8 Å². The summed E-state index contributed by atoms with van der Waals surface area (Å²) in [6.07, 6.45) is 0.130. The molecule has 0 bridgehead atoms. The van der Waals surface area contributed by atoms with Crippen LogP contribution in [0.5, 0.6) is 0 Å². The average Bonchev–Trinajstić information content (AvgIpc) is 3.11. The molecule has 0 saturated heterocycles. The van der Waals surface area contributed by atoms with Crippen LogP contribution in [-0.4, -0.2) is 28.6 Å². The molecule has 0 radical (unpaired) electrons. The van der Waals surface area contributed by atoms with Crippen LogP contribution in [0.2, 0.25) is 5.02 Å². The first-order valence-corrected chi connectivity index (χ1v) is 11.0. The van der Waals surface area contributed by atoms with Gasteiger partial charge in [0.1, 0.15) is 0 Å². The van der Waals surface area contributed by atoms with Crippen molar-refractivity contribution in [2.75, 3.05) is 11.9 Å². The number of rotatable bonds is 5. The van der Waals surface area contributed by atoms with Gasteiger partial charge in [-0.2, -0.15) is 0 Å². The number of carbonyl (C=O) groups is 2. The van der Waals surface area contributed by atoms with Gasteiger partial charge in [-0.25, -0.2) is 4.98 Å². The summed E-state index contributed by atoms with van der Waals surface area (Å²) in [5.41, 5.74) is 1.68. The van der Waals surface area contributed by atoms with Crippen LogP contribution in [0.25, 0.3) is 10.2 Å². The molecule has 1 aliphatic rings. The fourth-order valence-corrected chi connectivity index (χ4v) is 5.23. The summed E-state index contributed by atoms with van der Waals surface area (Å²) in [6, 6.07) is 13.4. The van der Waals surface area contributed by atoms with Crippen molar-refractivity contribution in [2.45, 2.75) is 29.4 Å². The highest BCUT2D eigenvalue weighted by atomic mass is 35.5. The van der Waals surface area contributed by atoms with Gasteiger partial charge in [-0.3, -0.25) is 9.59 Å². The van der Waals surface area contributed by atoms with E-state index in [1.54, 1.807) is 23.5 Å². The minimum Gasteiger partial charge on any atom is -0.355 e. The van der Waals surface area contributed by atoms with Crippen LogP contribution in [-0.2, 0) is 9.59 Å². The van der Waals surface area contributed by atoms with Gasteiger partial charge >= 0.3 is 0 Å².